The number of aromatic nitrogens is 2. The minimum Gasteiger partial charge on any atom is -0.384 e. The molecule has 2 rings (SSSR count). The van der Waals surface area contributed by atoms with Gasteiger partial charge in [0.2, 0.25) is 5.91 Å². The molecular weight excluding hydrogens is 282 g/mol. The highest BCUT2D eigenvalue weighted by atomic mass is 16.2. The molecule has 1 heterocycles. The van der Waals surface area contributed by atoms with Crippen LogP contribution in [0, 0.1) is 0 Å². The highest BCUT2D eigenvalue weighted by Crippen LogP contribution is 2.04. The van der Waals surface area contributed by atoms with Crippen molar-refractivity contribution in [3.63, 3.8) is 0 Å². The van der Waals surface area contributed by atoms with Crippen LogP contribution >= 0.6 is 0 Å². The molecule has 1 aromatic heterocycles. The van der Waals surface area contributed by atoms with E-state index in [1.54, 1.807) is 6.92 Å². The number of carbonyl (C=O) groups is 1. The Kier molecular flexibility index (Phi) is 5.02. The SMILES string of the molecule is CCn1c(N)c(/C=N/NC(=O)Cc2ccccc2)cnc1=O. The summed E-state index contributed by atoms with van der Waals surface area (Å²) in [6.45, 7) is 2.21. The smallest absolute Gasteiger partial charge is 0.349 e. The van der Waals surface area contributed by atoms with Crippen LogP contribution in [0.3, 0.4) is 0 Å². The molecule has 0 unspecified atom stereocenters. The second-order valence-electron chi connectivity index (χ2n) is 4.58. The minimum atomic E-state index is -0.412. The van der Waals surface area contributed by atoms with Crippen molar-refractivity contribution >= 4 is 17.9 Å². The van der Waals surface area contributed by atoms with E-state index in [0.29, 0.717) is 12.1 Å². The van der Waals surface area contributed by atoms with E-state index in [1.165, 1.54) is 17.0 Å². The monoisotopic (exact) mass is 299 g/mol. The van der Waals surface area contributed by atoms with E-state index in [2.05, 4.69) is 15.5 Å². The fourth-order valence-corrected chi connectivity index (χ4v) is 1.92. The number of nitrogens with one attached hydrogen (secondary N) is 1. The average molecular weight is 299 g/mol. The van der Waals surface area contributed by atoms with Gasteiger partial charge in [-0.15, -0.1) is 0 Å². The van der Waals surface area contributed by atoms with E-state index in [4.69, 9.17) is 5.73 Å². The van der Waals surface area contributed by atoms with Crippen molar-refractivity contribution in [3.8, 4) is 0 Å². The molecule has 7 heteroatoms. The number of anilines is 1. The summed E-state index contributed by atoms with van der Waals surface area (Å²) in [5.41, 5.74) is 9.23. The van der Waals surface area contributed by atoms with E-state index in [1.807, 2.05) is 30.3 Å². The zero-order chi connectivity index (χ0) is 15.9. The van der Waals surface area contributed by atoms with Gasteiger partial charge >= 0.3 is 5.69 Å². The number of nitrogens with zero attached hydrogens (tertiary/aromatic N) is 3. The van der Waals surface area contributed by atoms with E-state index in [-0.39, 0.29) is 18.1 Å². The number of hydrazone groups is 1. The number of amides is 1. The Hall–Kier alpha value is -2.96. The van der Waals surface area contributed by atoms with Crippen molar-refractivity contribution < 1.29 is 4.79 Å². The third-order valence-electron chi connectivity index (χ3n) is 3.05. The molecule has 7 nitrogen and oxygen atoms in total. The Morgan fingerprint density at radius 3 is 2.82 bits per heavy atom. The molecule has 0 spiro atoms. The predicted molar refractivity (Wildman–Crippen MR) is 84.5 cm³/mol. The van der Waals surface area contributed by atoms with Crippen LogP contribution in [-0.2, 0) is 17.8 Å². The lowest BCUT2D eigenvalue weighted by Crippen LogP contribution is -2.26. The van der Waals surface area contributed by atoms with Crippen LogP contribution in [0.4, 0.5) is 5.82 Å². The summed E-state index contributed by atoms with van der Waals surface area (Å²) < 4.78 is 1.33. The number of rotatable bonds is 5. The highest BCUT2D eigenvalue weighted by Gasteiger charge is 2.05. The normalized spacial score (nSPS) is 10.8. The van der Waals surface area contributed by atoms with E-state index < -0.39 is 5.69 Å². The van der Waals surface area contributed by atoms with Crippen LogP contribution in [0.15, 0.2) is 46.4 Å². The number of hydrogen-bond donors (Lipinski definition) is 2. The van der Waals surface area contributed by atoms with Gasteiger partial charge in [-0.3, -0.25) is 9.36 Å². The van der Waals surface area contributed by atoms with Crippen LogP contribution in [-0.4, -0.2) is 21.7 Å². The molecule has 0 aliphatic heterocycles. The average Bonchev–Trinajstić information content (AvgIpc) is 2.51. The van der Waals surface area contributed by atoms with Crippen molar-refractivity contribution in [3.05, 3.63) is 58.1 Å². The minimum absolute atomic E-state index is 0.236. The standard InChI is InChI=1S/C15H17N5O2/c1-2-20-14(16)12(9-17-15(20)22)10-18-19-13(21)8-11-6-4-3-5-7-11/h3-7,9-10H,2,8,16H2,1H3,(H,19,21)/b18-10+. The number of nitrogens with two attached hydrogens (primary N) is 1. The lowest BCUT2D eigenvalue weighted by Gasteiger charge is -2.07. The molecule has 3 N–H and O–H groups in total. The number of hydrogen-bond acceptors (Lipinski definition) is 5. The van der Waals surface area contributed by atoms with Gasteiger partial charge in [-0.05, 0) is 12.5 Å². The third-order valence-corrected chi connectivity index (χ3v) is 3.05. The summed E-state index contributed by atoms with van der Waals surface area (Å²) in [6.07, 6.45) is 2.94. The molecule has 0 saturated heterocycles. The van der Waals surface area contributed by atoms with Crippen molar-refractivity contribution in [1.29, 1.82) is 0 Å². The van der Waals surface area contributed by atoms with Gasteiger partial charge in [-0.25, -0.2) is 15.2 Å². The molecule has 114 valence electrons. The van der Waals surface area contributed by atoms with Gasteiger partial charge in [-0.1, -0.05) is 30.3 Å². The second-order valence-corrected chi connectivity index (χ2v) is 4.58. The molecule has 0 atom stereocenters. The maximum Gasteiger partial charge on any atom is 0.349 e. The van der Waals surface area contributed by atoms with E-state index in [0.717, 1.165) is 5.56 Å². The molecule has 0 aliphatic carbocycles. The zero-order valence-electron chi connectivity index (χ0n) is 12.2. The molecule has 22 heavy (non-hydrogen) atoms. The lowest BCUT2D eigenvalue weighted by atomic mass is 10.1. The first-order valence-electron chi connectivity index (χ1n) is 6.83. The van der Waals surface area contributed by atoms with Crippen molar-refractivity contribution in [2.75, 3.05) is 5.73 Å². The topological polar surface area (TPSA) is 102 Å². The summed E-state index contributed by atoms with van der Waals surface area (Å²) in [5, 5.41) is 3.84. The molecular formula is C15H17N5O2. The summed E-state index contributed by atoms with van der Waals surface area (Å²) in [7, 11) is 0. The van der Waals surface area contributed by atoms with Crippen LogP contribution in [0.5, 0.6) is 0 Å². The quantitative estimate of drug-likeness (QED) is 0.621. The van der Waals surface area contributed by atoms with Gasteiger partial charge in [0, 0.05) is 12.7 Å². The van der Waals surface area contributed by atoms with Crippen LogP contribution < -0.4 is 16.8 Å². The third kappa shape index (κ3) is 3.78. The van der Waals surface area contributed by atoms with Crippen molar-refractivity contribution in [2.45, 2.75) is 19.9 Å². The van der Waals surface area contributed by atoms with E-state index >= 15 is 0 Å². The van der Waals surface area contributed by atoms with Gasteiger partial charge in [0.1, 0.15) is 5.82 Å². The van der Waals surface area contributed by atoms with Crippen molar-refractivity contribution in [1.82, 2.24) is 15.0 Å². The first kappa shape index (κ1) is 15.4. The fraction of sp³-hybridized carbons (Fsp3) is 0.200. The largest absolute Gasteiger partial charge is 0.384 e. The van der Waals surface area contributed by atoms with Crippen molar-refractivity contribution in [2.24, 2.45) is 5.10 Å². The van der Waals surface area contributed by atoms with E-state index in [9.17, 15) is 9.59 Å². The van der Waals surface area contributed by atoms with Gasteiger partial charge in [0.05, 0.1) is 18.2 Å². The summed E-state index contributed by atoms with van der Waals surface area (Å²) >= 11 is 0. The second kappa shape index (κ2) is 7.16. The Morgan fingerprint density at radius 2 is 2.14 bits per heavy atom. The molecule has 1 aromatic carbocycles. The Labute approximate surface area is 127 Å². The van der Waals surface area contributed by atoms with Crippen LogP contribution in [0.2, 0.25) is 0 Å². The number of benzene rings is 1. The molecule has 0 saturated carbocycles. The Bertz CT molecular complexity index is 737. The van der Waals surface area contributed by atoms with Gasteiger partial charge in [-0.2, -0.15) is 5.10 Å². The number of carbonyl (C=O) groups excluding carboxylic acids is 1. The van der Waals surface area contributed by atoms with Gasteiger partial charge in [0.15, 0.2) is 0 Å². The fourth-order valence-electron chi connectivity index (χ4n) is 1.92. The molecule has 0 aliphatic rings. The first-order valence-corrected chi connectivity index (χ1v) is 6.83. The maximum absolute atomic E-state index is 11.7. The Balaban J connectivity index is 2.01. The summed E-state index contributed by atoms with van der Waals surface area (Å²) in [5.74, 6) is 0.0290. The molecule has 2 aromatic rings. The lowest BCUT2D eigenvalue weighted by molar-refractivity contribution is -0.120. The predicted octanol–water partition coefficient (Wildman–Crippen LogP) is 0.538. The van der Waals surface area contributed by atoms with Crippen LogP contribution in [0.1, 0.15) is 18.1 Å². The zero-order valence-corrected chi connectivity index (χ0v) is 12.2. The molecule has 1 amide bonds. The van der Waals surface area contributed by atoms with Gasteiger partial charge in [0.25, 0.3) is 0 Å². The first-order chi connectivity index (χ1) is 10.6. The Morgan fingerprint density at radius 1 is 1.41 bits per heavy atom. The molecule has 0 fully saturated rings. The summed E-state index contributed by atoms with van der Waals surface area (Å²) in [4.78, 5) is 26.9. The van der Waals surface area contributed by atoms with Crippen LogP contribution in [0.25, 0.3) is 0 Å². The molecule has 0 radical (unpaired) electrons. The van der Waals surface area contributed by atoms with Gasteiger partial charge < -0.3 is 5.73 Å². The maximum atomic E-state index is 11.7. The number of nitrogen functional groups attached to an aromatic ring is 1. The summed E-state index contributed by atoms with van der Waals surface area (Å²) in [6, 6.07) is 9.35. The molecule has 0 bridgehead atoms. The highest BCUT2D eigenvalue weighted by molar-refractivity contribution is 5.86.